The molecule has 0 radical (unpaired) electrons. The molecule has 7 nitrogen and oxygen atoms in total. The number of nitrogens with zero attached hydrogens (tertiary/aromatic N) is 1. The fourth-order valence-electron chi connectivity index (χ4n) is 6.00. The minimum absolute atomic E-state index is 0.0994. The van der Waals surface area contributed by atoms with Crippen molar-refractivity contribution in [3.05, 3.63) is 71.8 Å². The van der Waals surface area contributed by atoms with Crippen molar-refractivity contribution in [2.75, 3.05) is 6.54 Å². The van der Waals surface area contributed by atoms with Gasteiger partial charge in [0.1, 0.15) is 18.3 Å². The summed E-state index contributed by atoms with van der Waals surface area (Å²) in [5, 5.41) is 2.02. The summed E-state index contributed by atoms with van der Waals surface area (Å²) in [5.41, 5.74) is 1.57. The first-order valence-corrected chi connectivity index (χ1v) is 14.2. The summed E-state index contributed by atoms with van der Waals surface area (Å²) < 4.78 is 33.1. The van der Waals surface area contributed by atoms with Crippen LogP contribution in [0.4, 0.5) is 0 Å². The topological polar surface area (TPSA) is 58.6 Å². The molecular formula is C32H45NO6. The molecule has 8 atom stereocenters. The SMILES string of the molecule is C[C@@H]1O[C@H]2ON3C[C@H](OC(C)(C)C)[C@@H](OC(C)(C)C)[C@@H]3[C@H]2[C@H](OCc2ccccc2)[C@H]1OCc1ccccc1. The van der Waals surface area contributed by atoms with E-state index in [1.165, 1.54) is 0 Å². The number of benzene rings is 2. The molecule has 0 saturated carbocycles. The Hall–Kier alpha value is -1.84. The maximum Gasteiger partial charge on any atom is 0.185 e. The molecule has 0 spiro atoms. The molecule has 2 aromatic rings. The van der Waals surface area contributed by atoms with Gasteiger partial charge in [0.05, 0.1) is 55.1 Å². The Balaban J connectivity index is 1.45. The predicted octanol–water partition coefficient (Wildman–Crippen LogP) is 5.52. The van der Waals surface area contributed by atoms with Crippen LogP contribution in [-0.4, -0.2) is 65.7 Å². The first-order valence-electron chi connectivity index (χ1n) is 14.2. The van der Waals surface area contributed by atoms with Gasteiger partial charge in [-0.05, 0) is 59.6 Å². The molecule has 39 heavy (non-hydrogen) atoms. The van der Waals surface area contributed by atoms with Crippen molar-refractivity contribution in [1.82, 2.24) is 5.06 Å². The van der Waals surface area contributed by atoms with Gasteiger partial charge in [0, 0.05) is 0 Å². The first-order chi connectivity index (χ1) is 18.5. The van der Waals surface area contributed by atoms with Gasteiger partial charge in [-0.25, -0.2) is 0 Å². The lowest BCUT2D eigenvalue weighted by atomic mass is 9.83. The van der Waals surface area contributed by atoms with E-state index in [4.69, 9.17) is 28.5 Å². The van der Waals surface area contributed by atoms with E-state index in [1.807, 2.05) is 48.4 Å². The van der Waals surface area contributed by atoms with Crippen LogP contribution in [0.2, 0.25) is 0 Å². The third-order valence-electron chi connectivity index (χ3n) is 7.42. The van der Waals surface area contributed by atoms with Crippen molar-refractivity contribution in [1.29, 1.82) is 0 Å². The highest BCUT2D eigenvalue weighted by Crippen LogP contribution is 2.47. The predicted molar refractivity (Wildman–Crippen MR) is 149 cm³/mol. The summed E-state index contributed by atoms with van der Waals surface area (Å²) >= 11 is 0. The minimum Gasteiger partial charge on any atom is -0.370 e. The summed E-state index contributed by atoms with van der Waals surface area (Å²) in [7, 11) is 0. The quantitative estimate of drug-likeness (QED) is 0.438. The number of hydrogen-bond donors (Lipinski definition) is 0. The van der Waals surface area contributed by atoms with Crippen LogP contribution in [0.25, 0.3) is 0 Å². The molecule has 0 N–H and O–H groups in total. The minimum atomic E-state index is -0.441. The molecule has 5 rings (SSSR count). The van der Waals surface area contributed by atoms with Crippen LogP contribution in [0.5, 0.6) is 0 Å². The maximum absolute atomic E-state index is 6.77. The van der Waals surface area contributed by atoms with Crippen LogP contribution < -0.4 is 0 Å². The fraction of sp³-hybridized carbons (Fsp3) is 0.625. The van der Waals surface area contributed by atoms with Gasteiger partial charge in [0.15, 0.2) is 6.29 Å². The smallest absolute Gasteiger partial charge is 0.185 e. The van der Waals surface area contributed by atoms with E-state index in [0.29, 0.717) is 19.8 Å². The second-order valence-electron chi connectivity index (χ2n) is 13.0. The molecule has 3 fully saturated rings. The van der Waals surface area contributed by atoms with Crippen LogP contribution in [-0.2, 0) is 41.7 Å². The van der Waals surface area contributed by atoms with Gasteiger partial charge in [-0.1, -0.05) is 60.7 Å². The Labute approximate surface area is 233 Å². The molecule has 3 saturated heterocycles. The third kappa shape index (κ3) is 6.91. The molecule has 0 bridgehead atoms. The zero-order valence-electron chi connectivity index (χ0n) is 24.4. The summed E-state index contributed by atoms with van der Waals surface area (Å²) in [6, 6.07) is 20.4. The van der Waals surface area contributed by atoms with Crippen LogP contribution in [0.15, 0.2) is 60.7 Å². The Morgan fingerprint density at radius 1 is 0.744 bits per heavy atom. The molecule has 3 heterocycles. The number of fused-ring (bicyclic) bond motifs is 3. The van der Waals surface area contributed by atoms with Crippen LogP contribution in [0.3, 0.4) is 0 Å². The molecule has 0 aromatic heterocycles. The van der Waals surface area contributed by atoms with Crippen molar-refractivity contribution < 1.29 is 28.5 Å². The van der Waals surface area contributed by atoms with Crippen LogP contribution in [0, 0.1) is 5.92 Å². The average Bonchev–Trinajstić information content (AvgIpc) is 3.36. The molecule has 0 amide bonds. The van der Waals surface area contributed by atoms with Gasteiger partial charge >= 0.3 is 0 Å². The van der Waals surface area contributed by atoms with Gasteiger partial charge in [0.2, 0.25) is 0 Å². The molecule has 3 aliphatic heterocycles. The van der Waals surface area contributed by atoms with Crippen molar-refractivity contribution in [3.8, 4) is 0 Å². The van der Waals surface area contributed by atoms with E-state index in [1.54, 1.807) is 0 Å². The van der Waals surface area contributed by atoms with E-state index in [-0.39, 0.29) is 53.7 Å². The largest absolute Gasteiger partial charge is 0.370 e. The van der Waals surface area contributed by atoms with Crippen molar-refractivity contribution in [2.45, 2.75) is 116 Å². The zero-order chi connectivity index (χ0) is 27.8. The van der Waals surface area contributed by atoms with Crippen LogP contribution >= 0.6 is 0 Å². The van der Waals surface area contributed by atoms with Gasteiger partial charge in [0.25, 0.3) is 0 Å². The van der Waals surface area contributed by atoms with Gasteiger partial charge in [-0.2, -0.15) is 5.06 Å². The number of hydrogen-bond acceptors (Lipinski definition) is 7. The number of hydroxylamine groups is 2. The lowest BCUT2D eigenvalue weighted by molar-refractivity contribution is -0.305. The van der Waals surface area contributed by atoms with E-state index in [2.05, 4.69) is 65.8 Å². The van der Waals surface area contributed by atoms with E-state index >= 15 is 0 Å². The highest BCUT2D eigenvalue weighted by Gasteiger charge is 2.63. The first kappa shape index (κ1) is 28.7. The van der Waals surface area contributed by atoms with Gasteiger partial charge in [-0.3, -0.25) is 4.84 Å². The van der Waals surface area contributed by atoms with Crippen molar-refractivity contribution in [3.63, 3.8) is 0 Å². The lowest BCUT2D eigenvalue weighted by Crippen LogP contribution is -2.59. The maximum atomic E-state index is 6.77. The molecule has 0 unspecified atom stereocenters. The molecule has 2 aromatic carbocycles. The highest BCUT2D eigenvalue weighted by molar-refractivity contribution is 5.15. The van der Waals surface area contributed by atoms with E-state index < -0.39 is 6.29 Å². The Kier molecular flexibility index (Phi) is 8.51. The zero-order valence-corrected chi connectivity index (χ0v) is 24.4. The standard InChI is InChI=1S/C32H45NO6/c1-21-27(34-19-22-14-10-8-11-15-22)29(35-20-23-16-12-9-13-17-23)25-26-28(38-32(5,6)7)24(37-31(2,3)4)18-33(26)39-30(25)36-21/h8-17,21,24-30H,18-20H2,1-7H3/t21-,24-,25-,26-,27-,28+,29-,30-/m0/s1. The highest BCUT2D eigenvalue weighted by atomic mass is 16.8. The summed E-state index contributed by atoms with van der Waals surface area (Å²) in [5.74, 6) is -0.119. The van der Waals surface area contributed by atoms with Gasteiger partial charge in [-0.15, -0.1) is 0 Å². The Morgan fingerprint density at radius 2 is 1.28 bits per heavy atom. The molecule has 7 heteroatoms. The van der Waals surface area contributed by atoms with Crippen LogP contribution in [0.1, 0.15) is 59.6 Å². The lowest BCUT2D eigenvalue weighted by Gasteiger charge is -2.45. The van der Waals surface area contributed by atoms with E-state index in [0.717, 1.165) is 11.1 Å². The second-order valence-corrected chi connectivity index (χ2v) is 13.0. The molecule has 0 aliphatic carbocycles. The monoisotopic (exact) mass is 539 g/mol. The molecule has 3 aliphatic rings. The number of ether oxygens (including phenoxy) is 5. The summed E-state index contributed by atoms with van der Waals surface area (Å²) in [4.78, 5) is 6.46. The molecule has 214 valence electrons. The molecular weight excluding hydrogens is 494 g/mol. The summed E-state index contributed by atoms with van der Waals surface area (Å²) in [6.45, 7) is 16.1. The van der Waals surface area contributed by atoms with Gasteiger partial charge < -0.3 is 23.7 Å². The average molecular weight is 540 g/mol. The summed E-state index contributed by atoms with van der Waals surface area (Å²) in [6.07, 6.45) is -1.56. The normalized spacial score (nSPS) is 33.2. The third-order valence-corrected chi connectivity index (χ3v) is 7.42. The second kappa shape index (κ2) is 11.6. The van der Waals surface area contributed by atoms with Crippen molar-refractivity contribution in [2.24, 2.45) is 5.92 Å². The fourth-order valence-corrected chi connectivity index (χ4v) is 6.00. The number of rotatable bonds is 8. The Morgan fingerprint density at radius 3 is 1.82 bits per heavy atom. The van der Waals surface area contributed by atoms with Crippen molar-refractivity contribution >= 4 is 0 Å². The Bertz CT molecular complexity index is 1050. The van der Waals surface area contributed by atoms with E-state index in [9.17, 15) is 0 Å².